The van der Waals surface area contributed by atoms with E-state index in [0.717, 1.165) is 24.3 Å². The Bertz CT molecular complexity index is 700. The molecule has 0 aliphatic carbocycles. The average Bonchev–Trinajstić information content (AvgIpc) is 3.15. The zero-order valence-electron chi connectivity index (χ0n) is 14.1. The number of carbonyl (C=O) groups excluding carboxylic acids is 2. The zero-order chi connectivity index (χ0) is 17.6. The molecular weight excluding hydrogens is 318 g/mol. The highest BCUT2D eigenvalue weighted by atomic mass is 16.3. The molecule has 2 N–H and O–H groups in total. The van der Waals surface area contributed by atoms with E-state index in [1.54, 1.807) is 11.2 Å². The van der Waals surface area contributed by atoms with Crippen LogP contribution in [0.1, 0.15) is 18.6 Å². The first-order chi connectivity index (χ1) is 12.1. The Hall–Kier alpha value is -2.76. The Morgan fingerprint density at radius 3 is 2.68 bits per heavy atom. The van der Waals surface area contributed by atoms with E-state index in [1.165, 1.54) is 0 Å². The van der Waals surface area contributed by atoms with Crippen LogP contribution in [0.3, 0.4) is 0 Å². The number of para-hydroxylation sites is 1. The molecule has 1 aliphatic heterocycles. The van der Waals surface area contributed by atoms with E-state index in [2.05, 4.69) is 0 Å². The van der Waals surface area contributed by atoms with Crippen molar-refractivity contribution in [3.63, 3.8) is 0 Å². The van der Waals surface area contributed by atoms with E-state index in [-0.39, 0.29) is 24.3 Å². The first-order valence-corrected chi connectivity index (χ1v) is 8.53. The van der Waals surface area contributed by atoms with Crippen LogP contribution in [-0.2, 0) is 16.1 Å². The van der Waals surface area contributed by atoms with E-state index >= 15 is 0 Å². The second-order valence-electron chi connectivity index (χ2n) is 6.35. The third-order valence-corrected chi connectivity index (χ3v) is 4.55. The van der Waals surface area contributed by atoms with Gasteiger partial charge in [0, 0.05) is 18.8 Å². The molecule has 1 saturated heterocycles. The summed E-state index contributed by atoms with van der Waals surface area (Å²) in [5.74, 6) is 0.229. The van der Waals surface area contributed by atoms with E-state index in [1.807, 2.05) is 47.4 Å². The Kier molecular flexibility index (Phi) is 5.38. The first kappa shape index (κ1) is 17.1. The summed E-state index contributed by atoms with van der Waals surface area (Å²) >= 11 is 0. The Morgan fingerprint density at radius 1 is 1.20 bits per heavy atom. The molecule has 1 aromatic heterocycles. The number of nitrogens with two attached hydrogens (primary N) is 1. The molecule has 0 bridgehead atoms. The topological polar surface area (TPSA) is 79.8 Å². The maximum atomic E-state index is 12.8. The number of amides is 2. The number of rotatable bonds is 6. The van der Waals surface area contributed by atoms with Crippen LogP contribution in [0.5, 0.6) is 0 Å². The van der Waals surface area contributed by atoms with Gasteiger partial charge in [-0.25, -0.2) is 0 Å². The highest BCUT2D eigenvalue weighted by molar-refractivity contribution is 5.83. The molecule has 6 nitrogen and oxygen atoms in total. The van der Waals surface area contributed by atoms with Crippen molar-refractivity contribution in [1.29, 1.82) is 0 Å². The fourth-order valence-corrected chi connectivity index (χ4v) is 3.17. The molecule has 6 heteroatoms. The summed E-state index contributed by atoms with van der Waals surface area (Å²) in [6, 6.07) is 13.5. The van der Waals surface area contributed by atoms with Gasteiger partial charge in [0.25, 0.3) is 0 Å². The van der Waals surface area contributed by atoms with Crippen LogP contribution in [0.15, 0.2) is 53.1 Å². The maximum absolute atomic E-state index is 12.8. The van der Waals surface area contributed by atoms with Gasteiger partial charge in [-0.3, -0.25) is 9.59 Å². The molecule has 25 heavy (non-hydrogen) atoms. The molecule has 2 amide bonds. The number of primary amides is 1. The van der Waals surface area contributed by atoms with Crippen molar-refractivity contribution in [2.45, 2.75) is 19.4 Å². The molecular formula is C19H23N3O3. The Labute approximate surface area is 147 Å². The molecule has 1 aromatic carbocycles. The molecule has 1 aliphatic rings. The lowest BCUT2D eigenvalue weighted by atomic mass is 9.97. The normalized spacial score (nSPS) is 17.3. The van der Waals surface area contributed by atoms with Gasteiger partial charge in [-0.15, -0.1) is 0 Å². The van der Waals surface area contributed by atoms with Gasteiger partial charge in [0.1, 0.15) is 5.76 Å². The summed E-state index contributed by atoms with van der Waals surface area (Å²) in [6.07, 6.45) is 3.19. The average molecular weight is 341 g/mol. The lowest BCUT2D eigenvalue weighted by molar-refractivity contribution is -0.133. The number of hydrogen-bond donors (Lipinski definition) is 1. The van der Waals surface area contributed by atoms with Crippen molar-refractivity contribution in [2.75, 3.05) is 24.5 Å². The fourth-order valence-electron chi connectivity index (χ4n) is 3.17. The smallest absolute Gasteiger partial charge is 0.242 e. The van der Waals surface area contributed by atoms with Crippen LogP contribution < -0.4 is 10.6 Å². The SMILES string of the molecule is NC(=O)[C@H]1CCCN(C(=O)CN(Cc2ccco2)c2ccccc2)C1. The molecule has 1 atom stereocenters. The van der Waals surface area contributed by atoms with Gasteiger partial charge in [0.05, 0.1) is 25.3 Å². The van der Waals surface area contributed by atoms with Crippen molar-refractivity contribution in [1.82, 2.24) is 4.90 Å². The van der Waals surface area contributed by atoms with E-state index in [9.17, 15) is 9.59 Å². The van der Waals surface area contributed by atoms with Crippen molar-refractivity contribution in [3.05, 3.63) is 54.5 Å². The monoisotopic (exact) mass is 341 g/mol. The predicted molar refractivity (Wildman–Crippen MR) is 94.7 cm³/mol. The van der Waals surface area contributed by atoms with Gasteiger partial charge < -0.3 is 20.0 Å². The van der Waals surface area contributed by atoms with Crippen LogP contribution in [0, 0.1) is 5.92 Å². The minimum absolute atomic E-state index is 0.00126. The fraction of sp³-hybridized carbons (Fsp3) is 0.368. The van der Waals surface area contributed by atoms with Crippen molar-refractivity contribution >= 4 is 17.5 Å². The summed E-state index contributed by atoms with van der Waals surface area (Å²) in [4.78, 5) is 27.9. The second-order valence-corrected chi connectivity index (χ2v) is 6.35. The van der Waals surface area contributed by atoms with E-state index < -0.39 is 0 Å². The van der Waals surface area contributed by atoms with E-state index in [0.29, 0.717) is 19.6 Å². The molecule has 0 radical (unpaired) electrons. The number of piperidine rings is 1. The summed E-state index contributed by atoms with van der Waals surface area (Å²) in [5, 5.41) is 0. The van der Waals surface area contributed by atoms with Crippen molar-refractivity contribution in [2.24, 2.45) is 11.7 Å². The largest absolute Gasteiger partial charge is 0.467 e. The summed E-state index contributed by atoms with van der Waals surface area (Å²) in [6.45, 7) is 1.83. The quantitative estimate of drug-likeness (QED) is 0.872. The third-order valence-electron chi connectivity index (χ3n) is 4.55. The highest BCUT2D eigenvalue weighted by Gasteiger charge is 2.28. The van der Waals surface area contributed by atoms with Crippen LogP contribution in [0.4, 0.5) is 5.69 Å². The number of carbonyl (C=O) groups is 2. The Morgan fingerprint density at radius 2 is 2.00 bits per heavy atom. The number of furan rings is 1. The Balaban J connectivity index is 1.71. The van der Waals surface area contributed by atoms with Gasteiger partial charge in [-0.05, 0) is 37.1 Å². The van der Waals surface area contributed by atoms with Gasteiger partial charge >= 0.3 is 0 Å². The molecule has 132 valence electrons. The van der Waals surface area contributed by atoms with Gasteiger partial charge in [0.15, 0.2) is 0 Å². The van der Waals surface area contributed by atoms with Crippen LogP contribution >= 0.6 is 0 Å². The minimum atomic E-state index is -0.326. The van der Waals surface area contributed by atoms with Crippen LogP contribution in [-0.4, -0.2) is 36.3 Å². The van der Waals surface area contributed by atoms with Crippen molar-refractivity contribution in [3.8, 4) is 0 Å². The standard InChI is InChI=1S/C19H23N3O3/c20-19(24)15-6-4-10-21(12-15)18(23)14-22(13-17-9-5-11-25-17)16-7-2-1-3-8-16/h1-3,5,7-9,11,15H,4,6,10,12-14H2,(H2,20,24)/t15-/m0/s1. The number of nitrogens with zero attached hydrogens (tertiary/aromatic N) is 2. The van der Waals surface area contributed by atoms with Crippen molar-refractivity contribution < 1.29 is 14.0 Å². The molecule has 0 saturated carbocycles. The minimum Gasteiger partial charge on any atom is -0.467 e. The zero-order valence-corrected chi connectivity index (χ0v) is 14.1. The van der Waals surface area contributed by atoms with Gasteiger partial charge in [-0.2, -0.15) is 0 Å². The molecule has 2 aromatic rings. The summed E-state index contributed by atoms with van der Waals surface area (Å²) in [5.41, 5.74) is 6.37. The second kappa shape index (κ2) is 7.88. The van der Waals surface area contributed by atoms with Crippen LogP contribution in [0.2, 0.25) is 0 Å². The van der Waals surface area contributed by atoms with Gasteiger partial charge in [0.2, 0.25) is 11.8 Å². The number of hydrogen-bond acceptors (Lipinski definition) is 4. The molecule has 2 heterocycles. The number of benzene rings is 1. The number of likely N-dealkylation sites (tertiary alicyclic amines) is 1. The number of anilines is 1. The van der Waals surface area contributed by atoms with Gasteiger partial charge in [-0.1, -0.05) is 18.2 Å². The molecule has 3 rings (SSSR count). The lowest BCUT2D eigenvalue weighted by Crippen LogP contribution is -2.47. The lowest BCUT2D eigenvalue weighted by Gasteiger charge is -2.33. The molecule has 0 spiro atoms. The summed E-state index contributed by atoms with van der Waals surface area (Å²) < 4.78 is 5.43. The predicted octanol–water partition coefficient (Wildman–Crippen LogP) is 2.01. The molecule has 1 fully saturated rings. The maximum Gasteiger partial charge on any atom is 0.242 e. The summed E-state index contributed by atoms with van der Waals surface area (Å²) in [7, 11) is 0. The highest BCUT2D eigenvalue weighted by Crippen LogP contribution is 2.20. The van der Waals surface area contributed by atoms with E-state index in [4.69, 9.17) is 10.2 Å². The first-order valence-electron chi connectivity index (χ1n) is 8.53. The third kappa shape index (κ3) is 4.41. The molecule has 0 unspecified atom stereocenters. The van der Waals surface area contributed by atoms with Crippen LogP contribution in [0.25, 0.3) is 0 Å².